The SMILES string of the molecule is CCCOc1ccccc1C(O)CCCSC. The fourth-order valence-corrected chi connectivity index (χ4v) is 2.13. The zero-order chi connectivity index (χ0) is 12.5. The van der Waals surface area contributed by atoms with Crippen LogP contribution < -0.4 is 4.74 Å². The molecule has 0 radical (unpaired) electrons. The van der Waals surface area contributed by atoms with Crippen molar-refractivity contribution in [3.05, 3.63) is 29.8 Å². The summed E-state index contributed by atoms with van der Waals surface area (Å²) in [5.74, 6) is 1.92. The molecule has 96 valence electrons. The van der Waals surface area contributed by atoms with Crippen LogP contribution in [0.1, 0.15) is 37.9 Å². The van der Waals surface area contributed by atoms with Crippen molar-refractivity contribution in [2.75, 3.05) is 18.6 Å². The molecule has 0 fully saturated rings. The number of benzene rings is 1. The van der Waals surface area contributed by atoms with Crippen molar-refractivity contribution in [2.24, 2.45) is 0 Å². The van der Waals surface area contributed by atoms with Gasteiger partial charge in [0.15, 0.2) is 0 Å². The van der Waals surface area contributed by atoms with Crippen LogP contribution in [0.15, 0.2) is 24.3 Å². The van der Waals surface area contributed by atoms with Crippen molar-refractivity contribution in [1.29, 1.82) is 0 Å². The van der Waals surface area contributed by atoms with Gasteiger partial charge in [0, 0.05) is 5.56 Å². The summed E-state index contributed by atoms with van der Waals surface area (Å²) in [7, 11) is 0. The van der Waals surface area contributed by atoms with Crippen LogP contribution in [0.25, 0.3) is 0 Å². The Hall–Kier alpha value is -0.670. The third-order valence-electron chi connectivity index (χ3n) is 2.57. The second-order valence-electron chi connectivity index (χ2n) is 4.04. The van der Waals surface area contributed by atoms with E-state index in [1.165, 1.54) is 0 Å². The molecule has 1 atom stereocenters. The first-order chi connectivity index (χ1) is 8.29. The Morgan fingerprint density at radius 2 is 2.12 bits per heavy atom. The number of aliphatic hydroxyl groups is 1. The number of thioether (sulfide) groups is 1. The lowest BCUT2D eigenvalue weighted by Crippen LogP contribution is -2.04. The molecule has 1 aromatic carbocycles. The molecule has 1 N–H and O–H groups in total. The van der Waals surface area contributed by atoms with E-state index in [1.807, 2.05) is 36.0 Å². The van der Waals surface area contributed by atoms with Gasteiger partial charge < -0.3 is 9.84 Å². The zero-order valence-electron chi connectivity index (χ0n) is 10.7. The monoisotopic (exact) mass is 254 g/mol. The first-order valence-corrected chi connectivity index (χ1v) is 7.57. The number of rotatable bonds is 8. The first kappa shape index (κ1) is 14.4. The molecule has 0 amide bonds. The summed E-state index contributed by atoms with van der Waals surface area (Å²) in [5.41, 5.74) is 0.919. The van der Waals surface area contributed by atoms with Crippen LogP contribution in [0.2, 0.25) is 0 Å². The van der Waals surface area contributed by atoms with E-state index in [-0.39, 0.29) is 0 Å². The van der Waals surface area contributed by atoms with E-state index >= 15 is 0 Å². The van der Waals surface area contributed by atoms with Gasteiger partial charge in [0.05, 0.1) is 12.7 Å². The van der Waals surface area contributed by atoms with Crippen molar-refractivity contribution < 1.29 is 9.84 Å². The summed E-state index contributed by atoms with van der Waals surface area (Å²) in [5, 5.41) is 10.1. The lowest BCUT2D eigenvalue weighted by atomic mass is 10.0. The van der Waals surface area contributed by atoms with Gasteiger partial charge in [0.1, 0.15) is 5.75 Å². The Morgan fingerprint density at radius 1 is 1.35 bits per heavy atom. The van der Waals surface area contributed by atoms with Gasteiger partial charge in [-0.05, 0) is 37.3 Å². The molecule has 0 aliphatic heterocycles. The van der Waals surface area contributed by atoms with E-state index in [4.69, 9.17) is 4.74 Å². The van der Waals surface area contributed by atoms with Gasteiger partial charge in [-0.15, -0.1) is 0 Å². The van der Waals surface area contributed by atoms with Gasteiger partial charge in [-0.2, -0.15) is 11.8 Å². The van der Waals surface area contributed by atoms with Crippen molar-refractivity contribution in [3.8, 4) is 5.75 Å². The van der Waals surface area contributed by atoms with E-state index in [0.717, 1.165) is 36.3 Å². The molecule has 0 bridgehead atoms. The highest BCUT2D eigenvalue weighted by Gasteiger charge is 2.12. The second-order valence-corrected chi connectivity index (χ2v) is 5.02. The van der Waals surface area contributed by atoms with Crippen LogP contribution in [-0.2, 0) is 0 Å². The van der Waals surface area contributed by atoms with E-state index < -0.39 is 6.10 Å². The van der Waals surface area contributed by atoms with E-state index in [9.17, 15) is 5.11 Å². The van der Waals surface area contributed by atoms with Crippen LogP contribution in [0.3, 0.4) is 0 Å². The molecule has 1 aromatic rings. The predicted molar refractivity (Wildman–Crippen MR) is 74.8 cm³/mol. The maximum atomic E-state index is 10.1. The highest BCUT2D eigenvalue weighted by molar-refractivity contribution is 7.98. The summed E-state index contributed by atoms with van der Waals surface area (Å²) in [6, 6.07) is 7.78. The molecule has 2 nitrogen and oxygen atoms in total. The minimum atomic E-state index is -0.407. The van der Waals surface area contributed by atoms with E-state index in [1.54, 1.807) is 0 Å². The predicted octanol–water partition coefficient (Wildman–Crippen LogP) is 3.65. The van der Waals surface area contributed by atoms with Crippen LogP contribution in [0.4, 0.5) is 0 Å². The van der Waals surface area contributed by atoms with Crippen molar-refractivity contribution in [1.82, 2.24) is 0 Å². The Bertz CT molecular complexity index is 315. The molecule has 1 rings (SSSR count). The van der Waals surface area contributed by atoms with Gasteiger partial charge in [-0.25, -0.2) is 0 Å². The van der Waals surface area contributed by atoms with Gasteiger partial charge in [0.25, 0.3) is 0 Å². The molecule has 1 unspecified atom stereocenters. The van der Waals surface area contributed by atoms with Crippen LogP contribution in [-0.4, -0.2) is 23.7 Å². The number of aliphatic hydroxyl groups excluding tert-OH is 1. The Labute approximate surface area is 108 Å². The number of hydrogen-bond donors (Lipinski definition) is 1. The Balaban J connectivity index is 2.60. The van der Waals surface area contributed by atoms with Crippen LogP contribution in [0, 0.1) is 0 Å². The summed E-state index contributed by atoms with van der Waals surface area (Å²) in [6.07, 6.45) is 4.49. The van der Waals surface area contributed by atoms with Crippen molar-refractivity contribution in [3.63, 3.8) is 0 Å². The Morgan fingerprint density at radius 3 is 2.82 bits per heavy atom. The maximum Gasteiger partial charge on any atom is 0.125 e. The number of hydrogen-bond acceptors (Lipinski definition) is 3. The fraction of sp³-hybridized carbons (Fsp3) is 0.571. The van der Waals surface area contributed by atoms with Gasteiger partial charge in [-0.3, -0.25) is 0 Å². The minimum Gasteiger partial charge on any atom is -0.493 e. The molecule has 0 saturated heterocycles. The molecule has 0 aromatic heterocycles. The molecule has 17 heavy (non-hydrogen) atoms. The first-order valence-electron chi connectivity index (χ1n) is 6.18. The highest BCUT2D eigenvalue weighted by Crippen LogP contribution is 2.28. The van der Waals surface area contributed by atoms with Crippen molar-refractivity contribution >= 4 is 11.8 Å². The third-order valence-corrected chi connectivity index (χ3v) is 3.26. The molecule has 3 heteroatoms. The molecule has 0 saturated carbocycles. The van der Waals surface area contributed by atoms with Crippen molar-refractivity contribution in [2.45, 2.75) is 32.3 Å². The molecule has 0 aliphatic carbocycles. The van der Waals surface area contributed by atoms with Gasteiger partial charge >= 0.3 is 0 Å². The van der Waals surface area contributed by atoms with Gasteiger partial charge in [-0.1, -0.05) is 25.1 Å². The number of ether oxygens (including phenoxy) is 1. The second kappa shape index (κ2) is 8.43. The standard InChI is InChI=1S/C14H22O2S/c1-3-10-16-14-9-5-4-7-12(14)13(15)8-6-11-17-2/h4-5,7,9,13,15H,3,6,8,10-11H2,1-2H3. The normalized spacial score (nSPS) is 12.4. The topological polar surface area (TPSA) is 29.5 Å². The Kier molecular flexibility index (Phi) is 7.13. The average molecular weight is 254 g/mol. The summed E-state index contributed by atoms with van der Waals surface area (Å²) in [6.45, 7) is 2.78. The molecule has 0 heterocycles. The molecular formula is C14H22O2S. The molecular weight excluding hydrogens is 232 g/mol. The quantitative estimate of drug-likeness (QED) is 0.718. The smallest absolute Gasteiger partial charge is 0.125 e. The van der Waals surface area contributed by atoms with E-state index in [0.29, 0.717) is 6.61 Å². The average Bonchev–Trinajstić information content (AvgIpc) is 2.37. The largest absolute Gasteiger partial charge is 0.493 e. The highest BCUT2D eigenvalue weighted by atomic mass is 32.2. The summed E-state index contributed by atoms with van der Waals surface area (Å²) in [4.78, 5) is 0. The number of para-hydroxylation sites is 1. The lowest BCUT2D eigenvalue weighted by Gasteiger charge is -2.15. The maximum absolute atomic E-state index is 10.1. The minimum absolute atomic E-state index is 0.407. The molecule has 0 spiro atoms. The van der Waals surface area contributed by atoms with Crippen LogP contribution >= 0.6 is 11.8 Å². The van der Waals surface area contributed by atoms with E-state index in [2.05, 4.69) is 13.2 Å². The summed E-state index contributed by atoms with van der Waals surface area (Å²) < 4.78 is 5.65. The third kappa shape index (κ3) is 5.00. The fourth-order valence-electron chi connectivity index (χ4n) is 1.68. The van der Waals surface area contributed by atoms with Crippen LogP contribution in [0.5, 0.6) is 5.75 Å². The molecule has 0 aliphatic rings. The lowest BCUT2D eigenvalue weighted by molar-refractivity contribution is 0.160. The zero-order valence-corrected chi connectivity index (χ0v) is 11.5. The van der Waals surface area contributed by atoms with Gasteiger partial charge in [0.2, 0.25) is 0 Å². The summed E-state index contributed by atoms with van der Waals surface area (Å²) >= 11 is 1.81.